The average molecular weight is 228 g/mol. The largest absolute Gasteiger partial charge is 0.444 e. The van der Waals surface area contributed by atoms with Crippen LogP contribution in [0.2, 0.25) is 0 Å². The van der Waals surface area contributed by atoms with E-state index in [9.17, 15) is 4.79 Å². The Balaban J connectivity index is 2.42. The van der Waals surface area contributed by atoms with Crippen molar-refractivity contribution < 1.29 is 9.53 Å². The van der Waals surface area contributed by atoms with Gasteiger partial charge in [-0.25, -0.2) is 4.79 Å². The normalized spacial score (nSPS) is 27.0. The summed E-state index contributed by atoms with van der Waals surface area (Å²) in [6.45, 7) is 9.81. The van der Waals surface area contributed by atoms with Crippen LogP contribution in [0, 0.1) is 5.92 Å². The lowest BCUT2D eigenvalue weighted by Gasteiger charge is -2.25. The van der Waals surface area contributed by atoms with E-state index in [1.807, 2.05) is 20.8 Å². The molecule has 0 aromatic rings. The third kappa shape index (κ3) is 4.84. The monoisotopic (exact) mass is 228 g/mol. The van der Waals surface area contributed by atoms with Crippen molar-refractivity contribution in [2.24, 2.45) is 5.92 Å². The SMILES string of the molecule is CC1CCNCCC1NC(=O)OC(C)(C)C. The van der Waals surface area contributed by atoms with Crippen molar-refractivity contribution in [3.05, 3.63) is 0 Å². The predicted octanol–water partition coefficient (Wildman–Crippen LogP) is 1.90. The van der Waals surface area contributed by atoms with Crippen molar-refractivity contribution >= 4 is 6.09 Å². The van der Waals surface area contributed by atoms with Gasteiger partial charge in [0.2, 0.25) is 0 Å². The summed E-state index contributed by atoms with van der Waals surface area (Å²) in [6.07, 6.45) is 1.77. The van der Waals surface area contributed by atoms with Crippen molar-refractivity contribution in [3.63, 3.8) is 0 Å². The van der Waals surface area contributed by atoms with Crippen molar-refractivity contribution in [2.75, 3.05) is 13.1 Å². The number of hydrogen-bond donors (Lipinski definition) is 2. The summed E-state index contributed by atoms with van der Waals surface area (Å²) < 4.78 is 5.26. The Bertz CT molecular complexity index is 236. The zero-order valence-electron chi connectivity index (χ0n) is 10.8. The standard InChI is InChI=1S/C12H24N2O2/c1-9-5-7-13-8-6-10(9)14-11(15)16-12(2,3)4/h9-10,13H,5-8H2,1-4H3,(H,14,15). The maximum Gasteiger partial charge on any atom is 0.407 e. The fourth-order valence-corrected chi connectivity index (χ4v) is 1.87. The van der Waals surface area contributed by atoms with E-state index in [4.69, 9.17) is 4.74 Å². The van der Waals surface area contributed by atoms with E-state index in [1.165, 1.54) is 0 Å². The molecule has 1 rings (SSSR count). The highest BCUT2D eigenvalue weighted by atomic mass is 16.6. The number of carbonyl (C=O) groups is 1. The lowest BCUT2D eigenvalue weighted by molar-refractivity contribution is 0.0487. The molecular weight excluding hydrogens is 204 g/mol. The molecule has 0 radical (unpaired) electrons. The summed E-state index contributed by atoms with van der Waals surface area (Å²) in [6, 6.07) is 0.227. The van der Waals surface area contributed by atoms with Crippen LogP contribution in [0.1, 0.15) is 40.5 Å². The molecule has 2 N–H and O–H groups in total. The maximum atomic E-state index is 11.6. The zero-order chi connectivity index (χ0) is 12.2. The fourth-order valence-electron chi connectivity index (χ4n) is 1.87. The van der Waals surface area contributed by atoms with Crippen LogP contribution >= 0.6 is 0 Å². The average Bonchev–Trinajstić information content (AvgIpc) is 2.29. The van der Waals surface area contributed by atoms with E-state index in [0.29, 0.717) is 5.92 Å². The zero-order valence-corrected chi connectivity index (χ0v) is 10.8. The molecule has 2 unspecified atom stereocenters. The van der Waals surface area contributed by atoms with Gasteiger partial charge in [0.1, 0.15) is 5.60 Å². The van der Waals surface area contributed by atoms with Crippen molar-refractivity contribution in [3.8, 4) is 0 Å². The highest BCUT2D eigenvalue weighted by molar-refractivity contribution is 5.68. The van der Waals surface area contributed by atoms with Crippen LogP contribution in [0.4, 0.5) is 4.79 Å². The Morgan fingerprint density at radius 3 is 2.56 bits per heavy atom. The van der Waals surface area contributed by atoms with Crippen LogP contribution in [0.25, 0.3) is 0 Å². The summed E-state index contributed by atoms with van der Waals surface area (Å²) in [5.74, 6) is 0.502. The molecule has 0 bridgehead atoms. The van der Waals surface area contributed by atoms with E-state index >= 15 is 0 Å². The van der Waals surface area contributed by atoms with Crippen molar-refractivity contribution in [2.45, 2.75) is 52.2 Å². The van der Waals surface area contributed by atoms with Gasteiger partial charge in [0.05, 0.1) is 0 Å². The van der Waals surface area contributed by atoms with Crippen LogP contribution in [-0.2, 0) is 4.74 Å². The van der Waals surface area contributed by atoms with Crippen LogP contribution in [0.5, 0.6) is 0 Å². The fraction of sp³-hybridized carbons (Fsp3) is 0.917. The molecule has 1 amide bonds. The second-order valence-electron chi connectivity index (χ2n) is 5.56. The van der Waals surface area contributed by atoms with Crippen LogP contribution < -0.4 is 10.6 Å². The molecule has 0 aromatic carbocycles. The van der Waals surface area contributed by atoms with Gasteiger partial charge in [0, 0.05) is 6.04 Å². The molecule has 94 valence electrons. The van der Waals surface area contributed by atoms with Gasteiger partial charge in [-0.05, 0) is 52.6 Å². The van der Waals surface area contributed by atoms with E-state index in [0.717, 1.165) is 25.9 Å². The summed E-state index contributed by atoms with van der Waals surface area (Å²) in [4.78, 5) is 11.6. The van der Waals surface area contributed by atoms with E-state index in [1.54, 1.807) is 0 Å². The Kier molecular flexibility index (Phi) is 4.59. The number of alkyl carbamates (subject to hydrolysis) is 1. The maximum absolute atomic E-state index is 11.6. The minimum atomic E-state index is -0.420. The summed E-state index contributed by atoms with van der Waals surface area (Å²) in [5.41, 5.74) is -0.420. The highest BCUT2D eigenvalue weighted by Crippen LogP contribution is 2.14. The minimum absolute atomic E-state index is 0.227. The van der Waals surface area contributed by atoms with Gasteiger partial charge in [0.15, 0.2) is 0 Å². The van der Waals surface area contributed by atoms with Crippen molar-refractivity contribution in [1.29, 1.82) is 0 Å². The molecule has 2 atom stereocenters. The molecule has 4 heteroatoms. The second-order valence-corrected chi connectivity index (χ2v) is 5.56. The lowest BCUT2D eigenvalue weighted by Crippen LogP contribution is -2.42. The molecule has 4 nitrogen and oxygen atoms in total. The molecule has 1 fully saturated rings. The van der Waals surface area contributed by atoms with Crippen LogP contribution in [0.3, 0.4) is 0 Å². The first-order valence-corrected chi connectivity index (χ1v) is 6.09. The lowest BCUT2D eigenvalue weighted by atomic mass is 9.97. The summed E-state index contributed by atoms with van der Waals surface area (Å²) >= 11 is 0. The minimum Gasteiger partial charge on any atom is -0.444 e. The Morgan fingerprint density at radius 1 is 1.31 bits per heavy atom. The molecule has 1 aliphatic rings. The molecule has 0 saturated carbocycles. The molecular formula is C12H24N2O2. The van der Waals surface area contributed by atoms with E-state index in [-0.39, 0.29) is 12.1 Å². The highest BCUT2D eigenvalue weighted by Gasteiger charge is 2.24. The molecule has 1 aliphatic heterocycles. The second kappa shape index (κ2) is 5.53. The first-order valence-electron chi connectivity index (χ1n) is 6.09. The third-order valence-corrected chi connectivity index (χ3v) is 2.80. The van der Waals surface area contributed by atoms with Gasteiger partial charge < -0.3 is 15.4 Å². The Hall–Kier alpha value is -0.770. The Labute approximate surface area is 98.1 Å². The van der Waals surface area contributed by atoms with Gasteiger partial charge in [-0.15, -0.1) is 0 Å². The smallest absolute Gasteiger partial charge is 0.407 e. The number of ether oxygens (including phenoxy) is 1. The van der Waals surface area contributed by atoms with Gasteiger partial charge in [-0.2, -0.15) is 0 Å². The molecule has 16 heavy (non-hydrogen) atoms. The van der Waals surface area contributed by atoms with Gasteiger partial charge in [-0.1, -0.05) is 6.92 Å². The molecule has 1 saturated heterocycles. The number of amides is 1. The van der Waals surface area contributed by atoms with Gasteiger partial charge in [0.25, 0.3) is 0 Å². The molecule has 0 aliphatic carbocycles. The van der Waals surface area contributed by atoms with E-state index in [2.05, 4.69) is 17.6 Å². The number of nitrogens with one attached hydrogen (secondary N) is 2. The Morgan fingerprint density at radius 2 is 1.94 bits per heavy atom. The molecule has 1 heterocycles. The van der Waals surface area contributed by atoms with Crippen LogP contribution in [-0.4, -0.2) is 30.8 Å². The van der Waals surface area contributed by atoms with Gasteiger partial charge >= 0.3 is 6.09 Å². The number of rotatable bonds is 1. The van der Waals surface area contributed by atoms with Gasteiger partial charge in [-0.3, -0.25) is 0 Å². The number of hydrogen-bond acceptors (Lipinski definition) is 3. The third-order valence-electron chi connectivity index (χ3n) is 2.80. The summed E-state index contributed by atoms with van der Waals surface area (Å²) in [7, 11) is 0. The topological polar surface area (TPSA) is 50.4 Å². The first-order chi connectivity index (χ1) is 7.38. The quantitative estimate of drug-likeness (QED) is 0.720. The molecule has 0 spiro atoms. The predicted molar refractivity (Wildman–Crippen MR) is 64.4 cm³/mol. The van der Waals surface area contributed by atoms with Crippen molar-refractivity contribution in [1.82, 2.24) is 10.6 Å². The summed E-state index contributed by atoms with van der Waals surface area (Å²) in [5, 5.41) is 6.30. The van der Waals surface area contributed by atoms with E-state index < -0.39 is 5.60 Å². The first kappa shape index (κ1) is 13.3. The molecule has 0 aromatic heterocycles. The number of carbonyl (C=O) groups excluding carboxylic acids is 1. The van der Waals surface area contributed by atoms with Crippen LogP contribution in [0.15, 0.2) is 0 Å².